The molecule has 6 nitrogen and oxygen atoms in total. The Hall–Kier alpha value is -2.31. The van der Waals surface area contributed by atoms with Gasteiger partial charge in [0, 0.05) is 18.7 Å². The number of hydrogen-bond donors (Lipinski definition) is 4. The van der Waals surface area contributed by atoms with Gasteiger partial charge in [0.2, 0.25) is 11.8 Å². The van der Waals surface area contributed by atoms with Gasteiger partial charge in [-0.25, -0.2) is 0 Å². The van der Waals surface area contributed by atoms with Gasteiger partial charge in [0.05, 0.1) is 11.9 Å². The van der Waals surface area contributed by atoms with Crippen molar-refractivity contribution in [1.29, 1.82) is 0 Å². The third kappa shape index (κ3) is 5.59. The smallest absolute Gasteiger partial charge is 0.246 e. The topological polar surface area (TPSA) is 82.3 Å². The Bertz CT molecular complexity index is 742. The zero-order valence-corrected chi connectivity index (χ0v) is 16.6. The molecule has 1 aliphatic carbocycles. The highest BCUT2D eigenvalue weighted by molar-refractivity contribution is 6.22. The SMILES string of the molecule is O=C(CNC(=O)C1(NC2=CC=CC(Cl)C2)CCNCC1)NCc1ccccc1. The second-order valence-corrected chi connectivity index (χ2v) is 7.76. The fraction of sp³-hybridized carbons (Fsp3) is 0.429. The summed E-state index contributed by atoms with van der Waals surface area (Å²) >= 11 is 6.21. The lowest BCUT2D eigenvalue weighted by Crippen LogP contribution is -2.62. The van der Waals surface area contributed by atoms with Gasteiger partial charge in [-0.05, 0) is 37.6 Å². The summed E-state index contributed by atoms with van der Waals surface area (Å²) in [6.45, 7) is 1.89. The molecule has 1 atom stereocenters. The van der Waals surface area contributed by atoms with E-state index >= 15 is 0 Å². The fourth-order valence-corrected chi connectivity index (χ4v) is 3.74. The molecule has 1 saturated heterocycles. The van der Waals surface area contributed by atoms with E-state index in [9.17, 15) is 9.59 Å². The molecule has 3 rings (SSSR count). The van der Waals surface area contributed by atoms with Crippen LogP contribution < -0.4 is 21.3 Å². The van der Waals surface area contributed by atoms with E-state index in [4.69, 9.17) is 11.6 Å². The fourth-order valence-electron chi connectivity index (χ4n) is 3.49. The van der Waals surface area contributed by atoms with Gasteiger partial charge in [-0.15, -0.1) is 11.6 Å². The number of alkyl halides is 1. The number of nitrogens with one attached hydrogen (secondary N) is 4. The van der Waals surface area contributed by atoms with Crippen LogP contribution in [0.4, 0.5) is 0 Å². The van der Waals surface area contributed by atoms with Crippen LogP contribution in [0.2, 0.25) is 0 Å². The third-order valence-electron chi connectivity index (χ3n) is 5.07. The molecule has 0 radical (unpaired) electrons. The molecule has 1 fully saturated rings. The predicted octanol–water partition coefficient (Wildman–Crippen LogP) is 1.58. The molecule has 2 amide bonds. The molecule has 0 aromatic heterocycles. The number of hydrogen-bond acceptors (Lipinski definition) is 4. The van der Waals surface area contributed by atoms with E-state index in [0.29, 0.717) is 25.8 Å². The number of amides is 2. The molecule has 1 aromatic carbocycles. The number of carbonyl (C=O) groups excluding carboxylic acids is 2. The van der Waals surface area contributed by atoms with Crippen LogP contribution in [0.5, 0.6) is 0 Å². The van der Waals surface area contributed by atoms with E-state index in [1.807, 2.05) is 48.6 Å². The van der Waals surface area contributed by atoms with E-state index < -0.39 is 5.54 Å². The van der Waals surface area contributed by atoms with Crippen LogP contribution in [0.1, 0.15) is 24.8 Å². The number of carbonyl (C=O) groups is 2. The van der Waals surface area contributed by atoms with Crippen LogP contribution in [0.25, 0.3) is 0 Å². The summed E-state index contributed by atoms with van der Waals surface area (Å²) in [5.74, 6) is -0.354. The van der Waals surface area contributed by atoms with Gasteiger partial charge in [0.25, 0.3) is 0 Å². The van der Waals surface area contributed by atoms with Gasteiger partial charge in [-0.3, -0.25) is 9.59 Å². The van der Waals surface area contributed by atoms with Gasteiger partial charge in [0.1, 0.15) is 5.54 Å². The van der Waals surface area contributed by atoms with Crippen molar-refractivity contribution in [1.82, 2.24) is 21.3 Å². The molecule has 2 aliphatic rings. The molecule has 150 valence electrons. The van der Waals surface area contributed by atoms with E-state index in [1.165, 1.54) is 0 Å². The molecule has 1 heterocycles. The van der Waals surface area contributed by atoms with Gasteiger partial charge in [-0.1, -0.05) is 42.5 Å². The first-order valence-corrected chi connectivity index (χ1v) is 10.1. The second kappa shape index (κ2) is 9.75. The molecule has 28 heavy (non-hydrogen) atoms. The van der Waals surface area contributed by atoms with Crippen molar-refractivity contribution in [2.24, 2.45) is 0 Å². The Kier molecular flexibility index (Phi) is 7.12. The summed E-state index contributed by atoms with van der Waals surface area (Å²) in [6, 6.07) is 9.68. The summed E-state index contributed by atoms with van der Waals surface area (Å²) < 4.78 is 0. The number of piperidine rings is 1. The minimum absolute atomic E-state index is 0.0421. The van der Waals surface area contributed by atoms with Gasteiger partial charge in [-0.2, -0.15) is 0 Å². The van der Waals surface area contributed by atoms with Crippen LogP contribution in [-0.2, 0) is 16.1 Å². The highest BCUT2D eigenvalue weighted by atomic mass is 35.5. The molecule has 0 bridgehead atoms. The monoisotopic (exact) mass is 402 g/mol. The Morgan fingerprint density at radius 1 is 1.14 bits per heavy atom. The van der Waals surface area contributed by atoms with Crippen molar-refractivity contribution < 1.29 is 9.59 Å². The van der Waals surface area contributed by atoms with Crippen molar-refractivity contribution in [3.63, 3.8) is 0 Å². The van der Waals surface area contributed by atoms with E-state index in [1.54, 1.807) is 0 Å². The summed E-state index contributed by atoms with van der Waals surface area (Å²) in [7, 11) is 0. The highest BCUT2D eigenvalue weighted by Crippen LogP contribution is 2.24. The Morgan fingerprint density at radius 2 is 1.89 bits per heavy atom. The number of allylic oxidation sites excluding steroid dienone is 4. The maximum atomic E-state index is 13.0. The zero-order valence-electron chi connectivity index (χ0n) is 15.8. The minimum Gasteiger partial charge on any atom is -0.374 e. The third-order valence-corrected chi connectivity index (χ3v) is 5.37. The molecular weight excluding hydrogens is 376 g/mol. The van der Waals surface area contributed by atoms with Crippen molar-refractivity contribution in [2.45, 2.75) is 36.7 Å². The lowest BCUT2D eigenvalue weighted by molar-refractivity contribution is -0.131. The van der Waals surface area contributed by atoms with Crippen molar-refractivity contribution in [3.05, 3.63) is 59.8 Å². The van der Waals surface area contributed by atoms with Crippen LogP contribution >= 0.6 is 11.6 Å². The summed E-state index contributed by atoms with van der Waals surface area (Å²) in [5.41, 5.74) is 1.25. The van der Waals surface area contributed by atoms with Crippen LogP contribution in [0.15, 0.2) is 54.3 Å². The first-order valence-electron chi connectivity index (χ1n) is 9.67. The lowest BCUT2D eigenvalue weighted by Gasteiger charge is -2.39. The summed E-state index contributed by atoms with van der Waals surface area (Å²) in [5, 5.41) is 12.3. The summed E-state index contributed by atoms with van der Waals surface area (Å²) in [6.07, 6.45) is 7.77. The molecule has 0 spiro atoms. The van der Waals surface area contributed by atoms with Crippen LogP contribution in [-0.4, -0.2) is 42.4 Å². The van der Waals surface area contributed by atoms with Gasteiger partial charge in [0.15, 0.2) is 0 Å². The Balaban J connectivity index is 1.55. The number of benzene rings is 1. The standard InChI is InChI=1S/C21H27ClN4O2/c22-17-7-4-8-18(13-17)26-21(9-11-23-12-10-21)20(28)25-15-19(27)24-14-16-5-2-1-3-6-16/h1-8,17,23,26H,9-15H2,(H,24,27)(H,25,28). The van der Waals surface area contributed by atoms with Crippen LogP contribution in [0.3, 0.4) is 0 Å². The molecule has 1 aromatic rings. The van der Waals surface area contributed by atoms with E-state index in [2.05, 4.69) is 21.3 Å². The van der Waals surface area contributed by atoms with Crippen molar-refractivity contribution in [3.8, 4) is 0 Å². The molecule has 1 unspecified atom stereocenters. The number of rotatable bonds is 7. The summed E-state index contributed by atoms with van der Waals surface area (Å²) in [4.78, 5) is 25.1. The predicted molar refractivity (Wildman–Crippen MR) is 111 cm³/mol. The highest BCUT2D eigenvalue weighted by Gasteiger charge is 2.40. The van der Waals surface area contributed by atoms with Crippen LogP contribution in [0, 0.1) is 0 Å². The van der Waals surface area contributed by atoms with E-state index in [0.717, 1.165) is 24.4 Å². The first-order chi connectivity index (χ1) is 13.6. The van der Waals surface area contributed by atoms with Crippen molar-refractivity contribution >= 4 is 23.4 Å². The largest absolute Gasteiger partial charge is 0.374 e. The first kappa shape index (κ1) is 20.4. The molecule has 7 heteroatoms. The normalized spacial score (nSPS) is 20.8. The average molecular weight is 403 g/mol. The van der Waals surface area contributed by atoms with Gasteiger partial charge >= 0.3 is 0 Å². The van der Waals surface area contributed by atoms with E-state index in [-0.39, 0.29) is 23.7 Å². The van der Waals surface area contributed by atoms with Gasteiger partial charge < -0.3 is 21.3 Å². The maximum Gasteiger partial charge on any atom is 0.246 e. The number of halogens is 1. The average Bonchev–Trinajstić information content (AvgIpc) is 2.72. The second-order valence-electron chi connectivity index (χ2n) is 7.20. The molecule has 4 N–H and O–H groups in total. The maximum absolute atomic E-state index is 13.0. The Morgan fingerprint density at radius 3 is 2.61 bits per heavy atom. The van der Waals surface area contributed by atoms with Crippen molar-refractivity contribution in [2.75, 3.05) is 19.6 Å². The Labute approximate surface area is 170 Å². The minimum atomic E-state index is -0.724. The zero-order chi connectivity index (χ0) is 19.8. The molecular formula is C21H27ClN4O2. The lowest BCUT2D eigenvalue weighted by atomic mass is 9.86. The molecule has 0 saturated carbocycles. The molecule has 1 aliphatic heterocycles. The quantitative estimate of drug-likeness (QED) is 0.522.